The number of hydrogen-bond acceptors (Lipinski definition) is 7. The lowest BCUT2D eigenvalue weighted by Crippen LogP contribution is -2.41. The molecule has 0 aromatic carbocycles. The molecule has 4 rings (SSSR count). The Labute approximate surface area is 194 Å². The van der Waals surface area contributed by atoms with Crippen molar-refractivity contribution in [3.05, 3.63) is 36.2 Å². The molecule has 0 unspecified atom stereocenters. The van der Waals surface area contributed by atoms with Gasteiger partial charge in [0, 0.05) is 30.5 Å². The first kappa shape index (κ1) is 23.5. The lowest BCUT2D eigenvalue weighted by Gasteiger charge is -2.31. The largest absolute Gasteiger partial charge is 0.475 e. The summed E-state index contributed by atoms with van der Waals surface area (Å²) in [5.74, 6) is 0.411. The molecule has 1 atom stereocenters. The Morgan fingerprint density at radius 2 is 2.03 bits per heavy atom. The van der Waals surface area contributed by atoms with Gasteiger partial charge in [0.25, 0.3) is 0 Å². The zero-order valence-corrected chi connectivity index (χ0v) is 19.4. The summed E-state index contributed by atoms with van der Waals surface area (Å²) < 4.78 is 25.5. The summed E-state index contributed by atoms with van der Waals surface area (Å²) in [6.45, 7) is 3.15. The first-order chi connectivity index (χ1) is 16.0. The van der Waals surface area contributed by atoms with Gasteiger partial charge >= 0.3 is 0 Å². The highest BCUT2D eigenvalue weighted by atomic mass is 19.1. The van der Waals surface area contributed by atoms with Crippen molar-refractivity contribution in [1.29, 1.82) is 5.26 Å². The standard InChI is InChI=1S/C25H32FN5O2/c1-17(14-32-2)30-19-5-3-18(4-6-19)9-20-10-21(22(26)11-29-20)23-12-28-13-24(31-23)33-16-25(15-27)7-8-25/h10-13,17-19,30H,3-9,14,16H2,1-2H3/t17-,18?,19?/m1/s1. The highest BCUT2D eigenvalue weighted by molar-refractivity contribution is 5.59. The van der Waals surface area contributed by atoms with E-state index in [-0.39, 0.29) is 6.61 Å². The Morgan fingerprint density at radius 3 is 2.73 bits per heavy atom. The molecule has 33 heavy (non-hydrogen) atoms. The van der Waals surface area contributed by atoms with Crippen LogP contribution in [0.5, 0.6) is 5.88 Å². The summed E-state index contributed by atoms with van der Waals surface area (Å²) in [6.07, 6.45) is 11.3. The van der Waals surface area contributed by atoms with E-state index in [0.717, 1.165) is 57.2 Å². The zero-order chi connectivity index (χ0) is 23.3. The Hall–Kier alpha value is -2.63. The van der Waals surface area contributed by atoms with Crippen LogP contribution in [0, 0.1) is 28.5 Å². The van der Waals surface area contributed by atoms with Crippen molar-refractivity contribution in [1.82, 2.24) is 20.3 Å². The van der Waals surface area contributed by atoms with Crippen LogP contribution in [0.2, 0.25) is 0 Å². The van der Waals surface area contributed by atoms with Gasteiger partial charge in [-0.2, -0.15) is 5.26 Å². The van der Waals surface area contributed by atoms with E-state index in [1.807, 2.05) is 0 Å². The van der Waals surface area contributed by atoms with E-state index >= 15 is 0 Å². The molecular weight excluding hydrogens is 421 g/mol. The Balaban J connectivity index is 1.37. The average molecular weight is 454 g/mol. The summed E-state index contributed by atoms with van der Waals surface area (Å²) in [7, 11) is 1.73. The summed E-state index contributed by atoms with van der Waals surface area (Å²) in [5.41, 5.74) is 1.26. The molecule has 0 amide bonds. The van der Waals surface area contributed by atoms with Gasteiger partial charge in [-0.3, -0.25) is 9.97 Å². The van der Waals surface area contributed by atoms with Crippen molar-refractivity contribution in [2.75, 3.05) is 20.3 Å². The van der Waals surface area contributed by atoms with Gasteiger partial charge in [-0.15, -0.1) is 0 Å². The summed E-state index contributed by atoms with van der Waals surface area (Å²) in [5, 5.41) is 12.9. The predicted molar refractivity (Wildman–Crippen MR) is 122 cm³/mol. The monoisotopic (exact) mass is 453 g/mol. The number of nitriles is 1. The number of halogens is 1. The van der Waals surface area contributed by atoms with E-state index in [9.17, 15) is 9.65 Å². The van der Waals surface area contributed by atoms with Crippen molar-refractivity contribution in [3.8, 4) is 23.2 Å². The molecule has 176 valence electrons. The third kappa shape index (κ3) is 6.24. The van der Waals surface area contributed by atoms with E-state index < -0.39 is 11.2 Å². The topological polar surface area (TPSA) is 92.9 Å². The lowest BCUT2D eigenvalue weighted by molar-refractivity contribution is 0.158. The van der Waals surface area contributed by atoms with Gasteiger partial charge < -0.3 is 14.8 Å². The van der Waals surface area contributed by atoms with Gasteiger partial charge in [0.05, 0.1) is 42.4 Å². The van der Waals surface area contributed by atoms with Crippen molar-refractivity contribution >= 4 is 0 Å². The van der Waals surface area contributed by atoms with Gasteiger partial charge in [-0.05, 0) is 63.9 Å². The summed E-state index contributed by atoms with van der Waals surface area (Å²) in [4.78, 5) is 12.9. The maximum Gasteiger partial charge on any atom is 0.232 e. The van der Waals surface area contributed by atoms with Crippen LogP contribution >= 0.6 is 0 Å². The van der Waals surface area contributed by atoms with Gasteiger partial charge in [-0.1, -0.05) is 0 Å². The molecule has 8 heteroatoms. The van der Waals surface area contributed by atoms with Crippen molar-refractivity contribution < 1.29 is 13.9 Å². The van der Waals surface area contributed by atoms with Crippen molar-refractivity contribution in [2.45, 2.75) is 64.0 Å². The molecule has 2 aromatic heterocycles. The summed E-state index contributed by atoms with van der Waals surface area (Å²) in [6, 6.07) is 4.95. The highest BCUT2D eigenvalue weighted by Gasteiger charge is 2.44. The zero-order valence-electron chi connectivity index (χ0n) is 19.4. The second kappa shape index (κ2) is 10.5. The number of ether oxygens (including phenoxy) is 2. The van der Waals surface area contributed by atoms with Crippen LogP contribution in [0.3, 0.4) is 0 Å². The quantitative estimate of drug-likeness (QED) is 0.579. The fraction of sp³-hybridized carbons (Fsp3) is 0.600. The summed E-state index contributed by atoms with van der Waals surface area (Å²) >= 11 is 0. The normalized spacial score (nSPS) is 22.4. The van der Waals surface area contributed by atoms with Crippen LogP contribution in [0.15, 0.2) is 24.7 Å². The molecular formula is C25H32FN5O2. The molecule has 2 aromatic rings. The average Bonchev–Trinajstić information content (AvgIpc) is 3.61. The Kier molecular flexibility index (Phi) is 7.51. The molecule has 2 aliphatic rings. The number of rotatable bonds is 10. The molecule has 0 radical (unpaired) electrons. The van der Waals surface area contributed by atoms with E-state index in [4.69, 9.17) is 9.47 Å². The number of nitrogens with zero attached hydrogens (tertiary/aromatic N) is 4. The maximum atomic E-state index is 14.6. The molecule has 2 aliphatic carbocycles. The number of aromatic nitrogens is 3. The smallest absolute Gasteiger partial charge is 0.232 e. The minimum atomic E-state index is -0.430. The van der Waals surface area contributed by atoms with E-state index in [2.05, 4.69) is 33.3 Å². The Morgan fingerprint density at radius 1 is 1.24 bits per heavy atom. The fourth-order valence-electron chi connectivity index (χ4n) is 4.52. The van der Waals surface area contributed by atoms with Crippen molar-refractivity contribution in [3.63, 3.8) is 0 Å². The number of hydrogen-bond donors (Lipinski definition) is 1. The Bertz CT molecular complexity index is 983. The minimum Gasteiger partial charge on any atom is -0.475 e. The molecule has 1 N–H and O–H groups in total. The van der Waals surface area contributed by atoms with E-state index in [1.165, 1.54) is 18.6 Å². The molecule has 2 fully saturated rings. The van der Waals surface area contributed by atoms with Crippen LogP contribution in [-0.4, -0.2) is 47.4 Å². The first-order valence-corrected chi connectivity index (χ1v) is 11.8. The number of nitrogens with one attached hydrogen (secondary N) is 1. The van der Waals surface area contributed by atoms with Crippen molar-refractivity contribution in [2.24, 2.45) is 11.3 Å². The predicted octanol–water partition coefficient (Wildman–Crippen LogP) is 4.09. The van der Waals surface area contributed by atoms with E-state index in [1.54, 1.807) is 13.2 Å². The SMILES string of the molecule is COC[C@@H](C)NC1CCC(Cc2cc(-c3cncc(OCC4(C#N)CC4)n3)c(F)cn2)CC1. The number of pyridine rings is 1. The van der Waals surface area contributed by atoms with Crippen LogP contribution in [0.4, 0.5) is 4.39 Å². The molecule has 0 bridgehead atoms. The maximum absolute atomic E-state index is 14.6. The van der Waals surface area contributed by atoms with Gasteiger partial charge in [-0.25, -0.2) is 9.37 Å². The molecule has 2 saturated carbocycles. The van der Waals surface area contributed by atoms with Crippen LogP contribution in [0.1, 0.15) is 51.1 Å². The third-order valence-electron chi connectivity index (χ3n) is 6.67. The molecule has 2 heterocycles. The fourth-order valence-corrected chi connectivity index (χ4v) is 4.52. The van der Waals surface area contributed by atoms with E-state index in [0.29, 0.717) is 35.1 Å². The molecule has 7 nitrogen and oxygen atoms in total. The van der Waals surface area contributed by atoms with Gasteiger partial charge in [0.1, 0.15) is 6.61 Å². The van der Waals surface area contributed by atoms with Crippen LogP contribution < -0.4 is 10.1 Å². The highest BCUT2D eigenvalue weighted by Crippen LogP contribution is 2.45. The molecule has 0 aliphatic heterocycles. The van der Waals surface area contributed by atoms with Crippen LogP contribution in [-0.2, 0) is 11.2 Å². The van der Waals surface area contributed by atoms with Crippen LogP contribution in [0.25, 0.3) is 11.3 Å². The minimum absolute atomic E-state index is 0.285. The second-order valence-corrected chi connectivity index (χ2v) is 9.52. The lowest BCUT2D eigenvalue weighted by atomic mass is 9.83. The molecule has 0 spiro atoms. The number of methoxy groups -OCH3 is 1. The second-order valence-electron chi connectivity index (χ2n) is 9.52. The third-order valence-corrected chi connectivity index (χ3v) is 6.67. The van der Waals surface area contributed by atoms with Gasteiger partial charge in [0.2, 0.25) is 5.88 Å². The van der Waals surface area contributed by atoms with Gasteiger partial charge in [0.15, 0.2) is 5.82 Å². The molecule has 0 saturated heterocycles. The first-order valence-electron chi connectivity index (χ1n) is 11.8.